The Morgan fingerprint density at radius 3 is 2.62 bits per heavy atom. The first-order valence-corrected chi connectivity index (χ1v) is 9.91. The van der Waals surface area contributed by atoms with E-state index in [0.717, 1.165) is 6.42 Å². The van der Waals surface area contributed by atoms with Gasteiger partial charge in [-0.2, -0.15) is 0 Å². The number of carbonyl (C=O) groups excluding carboxylic acids is 1. The molecule has 0 bridgehead atoms. The summed E-state index contributed by atoms with van der Waals surface area (Å²) in [5.74, 6) is 0.425. The van der Waals surface area contributed by atoms with Gasteiger partial charge in [0, 0.05) is 24.4 Å². The minimum Gasteiger partial charge on any atom is -0.340 e. The third-order valence-corrected chi connectivity index (χ3v) is 7.34. The molecular formula is C15H23NO3S2. The Morgan fingerprint density at radius 1 is 1.43 bits per heavy atom. The van der Waals surface area contributed by atoms with Crippen molar-refractivity contribution in [1.29, 1.82) is 0 Å². The summed E-state index contributed by atoms with van der Waals surface area (Å²) in [7, 11) is -3.05. The van der Waals surface area contributed by atoms with Crippen LogP contribution in [-0.2, 0) is 21.1 Å². The Morgan fingerprint density at radius 2 is 2.10 bits per heavy atom. The zero-order valence-electron chi connectivity index (χ0n) is 12.8. The fourth-order valence-corrected chi connectivity index (χ4v) is 5.43. The van der Waals surface area contributed by atoms with Gasteiger partial charge in [0.15, 0.2) is 9.84 Å². The molecule has 1 fully saturated rings. The maximum atomic E-state index is 12.1. The summed E-state index contributed by atoms with van der Waals surface area (Å²) < 4.78 is 24.1. The van der Waals surface area contributed by atoms with Crippen LogP contribution in [0, 0.1) is 12.8 Å². The van der Waals surface area contributed by atoms with Crippen LogP contribution in [0.2, 0.25) is 0 Å². The van der Waals surface area contributed by atoms with Crippen molar-refractivity contribution in [1.82, 2.24) is 4.90 Å². The number of sulfone groups is 1. The molecule has 1 aliphatic rings. The smallest absolute Gasteiger partial charge is 0.223 e. The van der Waals surface area contributed by atoms with Crippen molar-refractivity contribution in [2.75, 3.05) is 18.8 Å². The first-order chi connectivity index (χ1) is 9.79. The number of rotatable bonds is 6. The van der Waals surface area contributed by atoms with E-state index in [1.54, 1.807) is 16.2 Å². The van der Waals surface area contributed by atoms with Gasteiger partial charge in [0.1, 0.15) is 0 Å². The van der Waals surface area contributed by atoms with Crippen molar-refractivity contribution in [2.24, 2.45) is 5.92 Å². The monoisotopic (exact) mass is 329 g/mol. The second-order valence-electron chi connectivity index (χ2n) is 6.17. The summed E-state index contributed by atoms with van der Waals surface area (Å²) in [4.78, 5) is 15.0. The maximum absolute atomic E-state index is 12.1. The van der Waals surface area contributed by atoms with Crippen molar-refractivity contribution in [3.05, 3.63) is 21.9 Å². The second-order valence-corrected chi connectivity index (χ2v) is 9.50. The summed E-state index contributed by atoms with van der Waals surface area (Å²) in [5, 5.41) is 1.68. The van der Waals surface area contributed by atoms with Crippen LogP contribution in [0.15, 0.2) is 11.4 Å². The van der Waals surface area contributed by atoms with Gasteiger partial charge in [-0.25, -0.2) is 8.42 Å². The summed E-state index contributed by atoms with van der Waals surface area (Å²) >= 11 is 1.67. The predicted molar refractivity (Wildman–Crippen MR) is 86.4 cm³/mol. The number of carbonyl (C=O) groups is 1. The number of hydrogen-bond donors (Lipinski definition) is 0. The molecule has 0 spiro atoms. The molecule has 0 aliphatic carbocycles. The van der Waals surface area contributed by atoms with Gasteiger partial charge in [0.25, 0.3) is 0 Å². The number of nitrogens with zero attached hydrogens (tertiary/aromatic N) is 1. The Hall–Kier alpha value is -0.880. The summed E-state index contributed by atoms with van der Waals surface area (Å²) in [5.41, 5.74) is 1.23. The Bertz CT molecular complexity index is 598. The minimum absolute atomic E-state index is 0.0683. The van der Waals surface area contributed by atoms with Crippen molar-refractivity contribution < 1.29 is 13.2 Å². The normalized spacial score (nSPS) is 16.3. The molecule has 0 aromatic carbocycles. The first-order valence-electron chi connectivity index (χ1n) is 7.32. The Balaban J connectivity index is 1.79. The van der Waals surface area contributed by atoms with Crippen LogP contribution in [0.25, 0.3) is 0 Å². The van der Waals surface area contributed by atoms with E-state index < -0.39 is 9.84 Å². The van der Waals surface area contributed by atoms with Gasteiger partial charge in [-0.15, -0.1) is 11.3 Å². The molecule has 0 atom stereocenters. The molecule has 2 heterocycles. The summed E-state index contributed by atoms with van der Waals surface area (Å²) in [6.45, 7) is 6.61. The average molecular weight is 329 g/mol. The van der Waals surface area contributed by atoms with Crippen LogP contribution in [0.1, 0.15) is 30.7 Å². The number of thiophene rings is 1. The van der Waals surface area contributed by atoms with E-state index in [4.69, 9.17) is 0 Å². The molecule has 118 valence electrons. The topological polar surface area (TPSA) is 54.5 Å². The quantitative estimate of drug-likeness (QED) is 0.804. The molecule has 0 saturated carbocycles. The number of likely N-dealkylation sites (tertiary alicyclic amines) is 1. The predicted octanol–water partition coefficient (Wildman–Crippen LogP) is 2.27. The Labute approximate surface area is 131 Å². The van der Waals surface area contributed by atoms with Gasteiger partial charge in [0.2, 0.25) is 5.91 Å². The number of hydrogen-bond acceptors (Lipinski definition) is 4. The van der Waals surface area contributed by atoms with Crippen molar-refractivity contribution in [3.63, 3.8) is 0 Å². The van der Waals surface area contributed by atoms with E-state index >= 15 is 0 Å². The third-order valence-electron chi connectivity index (χ3n) is 3.81. The summed E-state index contributed by atoms with van der Waals surface area (Å²) in [6, 6.07) is 2.06. The molecule has 0 unspecified atom stereocenters. The van der Waals surface area contributed by atoms with Gasteiger partial charge < -0.3 is 4.90 Å². The second kappa shape index (κ2) is 6.48. The zero-order valence-corrected chi connectivity index (χ0v) is 14.5. The van der Waals surface area contributed by atoms with Crippen molar-refractivity contribution >= 4 is 27.1 Å². The van der Waals surface area contributed by atoms with Crippen LogP contribution < -0.4 is 0 Å². The van der Waals surface area contributed by atoms with E-state index in [0.29, 0.717) is 19.5 Å². The molecule has 1 saturated heterocycles. The van der Waals surface area contributed by atoms with Gasteiger partial charge in [-0.05, 0) is 36.3 Å². The van der Waals surface area contributed by atoms with Gasteiger partial charge in [0.05, 0.1) is 11.0 Å². The van der Waals surface area contributed by atoms with Gasteiger partial charge in [-0.1, -0.05) is 13.8 Å². The highest BCUT2D eigenvalue weighted by Gasteiger charge is 2.39. The number of amides is 1. The lowest BCUT2D eigenvalue weighted by atomic mass is 10.1. The fourth-order valence-electron chi connectivity index (χ4n) is 2.51. The molecule has 1 aliphatic heterocycles. The molecule has 1 aromatic rings. The Kier molecular flexibility index (Phi) is 5.09. The van der Waals surface area contributed by atoms with Crippen LogP contribution in [0.3, 0.4) is 0 Å². The molecule has 6 heteroatoms. The molecule has 2 rings (SSSR count). The number of aryl methyl sites for hydroxylation is 2. The maximum Gasteiger partial charge on any atom is 0.223 e. The fraction of sp³-hybridized carbons (Fsp3) is 0.667. The largest absolute Gasteiger partial charge is 0.340 e. The van der Waals surface area contributed by atoms with Crippen LogP contribution >= 0.6 is 11.3 Å². The molecule has 4 nitrogen and oxygen atoms in total. The van der Waals surface area contributed by atoms with E-state index in [-0.39, 0.29) is 22.8 Å². The van der Waals surface area contributed by atoms with Crippen LogP contribution in [0.5, 0.6) is 0 Å². The molecule has 0 radical (unpaired) electrons. The molecule has 21 heavy (non-hydrogen) atoms. The third kappa shape index (κ3) is 4.07. The molecule has 1 amide bonds. The van der Waals surface area contributed by atoms with Gasteiger partial charge >= 0.3 is 0 Å². The lowest BCUT2D eigenvalue weighted by Crippen LogP contribution is -2.57. The van der Waals surface area contributed by atoms with Crippen LogP contribution in [0.4, 0.5) is 0 Å². The lowest BCUT2D eigenvalue weighted by molar-refractivity contribution is -0.134. The van der Waals surface area contributed by atoms with E-state index in [1.165, 1.54) is 10.4 Å². The van der Waals surface area contributed by atoms with Crippen LogP contribution in [-0.4, -0.2) is 43.3 Å². The van der Waals surface area contributed by atoms with Crippen molar-refractivity contribution in [3.8, 4) is 0 Å². The zero-order chi connectivity index (χ0) is 15.6. The minimum atomic E-state index is -3.05. The molecular weight excluding hydrogens is 306 g/mol. The highest BCUT2D eigenvalue weighted by molar-refractivity contribution is 7.92. The van der Waals surface area contributed by atoms with Gasteiger partial charge in [-0.3, -0.25) is 4.79 Å². The SMILES string of the molecule is Cc1ccsc1CCC(=O)N1CC(S(=O)(=O)CC(C)C)C1. The van der Waals surface area contributed by atoms with E-state index in [9.17, 15) is 13.2 Å². The van der Waals surface area contributed by atoms with E-state index in [1.807, 2.05) is 19.2 Å². The first kappa shape index (κ1) is 16.5. The molecule has 0 N–H and O–H groups in total. The van der Waals surface area contributed by atoms with Crippen molar-refractivity contribution in [2.45, 2.75) is 38.9 Å². The highest BCUT2D eigenvalue weighted by Crippen LogP contribution is 2.22. The summed E-state index contributed by atoms with van der Waals surface area (Å²) in [6.07, 6.45) is 1.22. The lowest BCUT2D eigenvalue weighted by Gasteiger charge is -2.39. The molecule has 1 aromatic heterocycles. The van der Waals surface area contributed by atoms with E-state index in [2.05, 4.69) is 13.0 Å². The average Bonchev–Trinajstić information content (AvgIpc) is 2.67. The standard InChI is InChI=1S/C15H23NO3S2/c1-11(2)10-21(18,19)13-8-16(9-13)15(17)5-4-14-12(3)6-7-20-14/h6-7,11,13H,4-5,8-10H2,1-3H3. The highest BCUT2D eigenvalue weighted by atomic mass is 32.2.